The summed E-state index contributed by atoms with van der Waals surface area (Å²) in [4.78, 5) is 28.1. The number of carboxylic acids is 1. The summed E-state index contributed by atoms with van der Waals surface area (Å²) in [5.41, 5.74) is -0.0563. The summed E-state index contributed by atoms with van der Waals surface area (Å²) in [7, 11) is 0. The molecule has 3 aromatic rings. The van der Waals surface area contributed by atoms with Gasteiger partial charge in [-0.15, -0.1) is 0 Å². The zero-order chi connectivity index (χ0) is 29.2. The van der Waals surface area contributed by atoms with Crippen LogP contribution in [0.3, 0.4) is 0 Å². The van der Waals surface area contributed by atoms with Crippen LogP contribution in [-0.2, 0) is 23.6 Å². The summed E-state index contributed by atoms with van der Waals surface area (Å²) in [5.74, 6) is -2.94. The second kappa shape index (κ2) is 10.8. The van der Waals surface area contributed by atoms with Gasteiger partial charge in [0.2, 0.25) is 0 Å². The van der Waals surface area contributed by atoms with Gasteiger partial charge in [-0.2, -0.15) is 39.5 Å². The van der Waals surface area contributed by atoms with Gasteiger partial charge in [-0.3, -0.25) is 9.78 Å². The molecule has 1 aromatic carbocycles. The van der Waals surface area contributed by atoms with E-state index in [0.717, 1.165) is 11.8 Å². The SMILES string of the molecule is O=C(O)C(F)(F)F.O=C1NCCc2[nH]c(-c3ccnc(/C=C/c4cc(C(F)(F)F)cc(C(F)(F)F)c4)c3)cc21. The Kier molecular flexibility index (Phi) is 8.12. The van der Waals surface area contributed by atoms with Crippen molar-refractivity contribution in [1.82, 2.24) is 15.3 Å². The fourth-order valence-corrected chi connectivity index (χ4v) is 3.41. The number of rotatable bonds is 3. The second-order valence-electron chi connectivity index (χ2n) is 8.03. The molecule has 1 aliphatic heterocycles. The van der Waals surface area contributed by atoms with Gasteiger partial charge < -0.3 is 15.4 Å². The van der Waals surface area contributed by atoms with Crippen LogP contribution in [0.1, 0.15) is 38.4 Å². The van der Waals surface area contributed by atoms with Crippen molar-refractivity contribution in [2.24, 2.45) is 0 Å². The Morgan fingerprint density at radius 3 is 2.00 bits per heavy atom. The summed E-state index contributed by atoms with van der Waals surface area (Å²) in [6.45, 7) is 0.521. The molecule has 0 radical (unpaired) electrons. The van der Waals surface area contributed by atoms with Crippen molar-refractivity contribution in [2.75, 3.05) is 6.54 Å². The van der Waals surface area contributed by atoms with Crippen molar-refractivity contribution in [3.63, 3.8) is 0 Å². The minimum Gasteiger partial charge on any atom is -0.475 e. The quantitative estimate of drug-likeness (QED) is 0.330. The van der Waals surface area contributed by atoms with Gasteiger partial charge in [0.1, 0.15) is 0 Å². The summed E-state index contributed by atoms with van der Waals surface area (Å²) in [6.07, 6.45) is -10.3. The van der Waals surface area contributed by atoms with Crippen LogP contribution in [-0.4, -0.2) is 39.7 Å². The first-order valence-electron chi connectivity index (χ1n) is 10.7. The van der Waals surface area contributed by atoms with E-state index in [-0.39, 0.29) is 17.5 Å². The average molecular weight is 565 g/mol. The Labute approximate surface area is 213 Å². The highest BCUT2D eigenvalue weighted by Gasteiger charge is 2.38. The van der Waals surface area contributed by atoms with E-state index in [1.165, 1.54) is 12.3 Å². The molecule has 2 aromatic heterocycles. The number of alkyl halides is 9. The van der Waals surface area contributed by atoms with E-state index in [2.05, 4.69) is 15.3 Å². The molecule has 3 N–H and O–H groups in total. The van der Waals surface area contributed by atoms with Crippen LogP contribution in [0.25, 0.3) is 23.4 Å². The lowest BCUT2D eigenvalue weighted by molar-refractivity contribution is -0.192. The van der Waals surface area contributed by atoms with E-state index >= 15 is 0 Å². The number of pyridine rings is 1. The van der Waals surface area contributed by atoms with Crippen molar-refractivity contribution in [1.29, 1.82) is 0 Å². The number of nitrogens with zero attached hydrogens (tertiary/aromatic N) is 1. The van der Waals surface area contributed by atoms with Crippen molar-refractivity contribution < 1.29 is 54.2 Å². The topological polar surface area (TPSA) is 95.1 Å². The molecule has 0 spiro atoms. The molecular formula is C24H16F9N3O3. The monoisotopic (exact) mass is 565 g/mol. The van der Waals surface area contributed by atoms with Crippen molar-refractivity contribution in [2.45, 2.75) is 24.9 Å². The van der Waals surface area contributed by atoms with E-state index in [0.29, 0.717) is 47.6 Å². The number of amides is 1. The number of hydrogen-bond acceptors (Lipinski definition) is 3. The first-order valence-corrected chi connectivity index (χ1v) is 10.7. The minimum absolute atomic E-state index is 0.0827. The maximum absolute atomic E-state index is 13.0. The third kappa shape index (κ3) is 7.61. The molecule has 0 atom stereocenters. The molecule has 0 aliphatic carbocycles. The number of fused-ring (bicyclic) bond motifs is 1. The van der Waals surface area contributed by atoms with Gasteiger partial charge in [-0.1, -0.05) is 6.08 Å². The van der Waals surface area contributed by atoms with Gasteiger partial charge in [0.05, 0.1) is 22.4 Å². The Hall–Kier alpha value is -4.30. The third-order valence-electron chi connectivity index (χ3n) is 5.20. The number of carboxylic acid groups (broad SMARTS) is 1. The molecule has 0 bridgehead atoms. The summed E-state index contributed by atoms with van der Waals surface area (Å²) in [6, 6.07) is 6.36. The summed E-state index contributed by atoms with van der Waals surface area (Å²) >= 11 is 0. The molecular weight excluding hydrogens is 549 g/mol. The number of halogens is 9. The fraction of sp³-hybridized carbons (Fsp3) is 0.208. The highest BCUT2D eigenvalue weighted by Crippen LogP contribution is 2.36. The van der Waals surface area contributed by atoms with E-state index in [1.54, 1.807) is 18.2 Å². The minimum atomic E-state index is -5.08. The van der Waals surface area contributed by atoms with Crippen molar-refractivity contribution >= 4 is 24.0 Å². The van der Waals surface area contributed by atoms with Crippen LogP contribution in [0.5, 0.6) is 0 Å². The van der Waals surface area contributed by atoms with Crippen LogP contribution in [0, 0.1) is 0 Å². The van der Waals surface area contributed by atoms with Gasteiger partial charge in [-0.05, 0) is 48.0 Å². The molecule has 0 fully saturated rings. The molecule has 1 amide bonds. The van der Waals surface area contributed by atoms with Gasteiger partial charge in [-0.25, -0.2) is 4.79 Å². The number of aromatic nitrogens is 2. The molecule has 0 saturated carbocycles. The normalized spacial score (nSPS) is 13.9. The van der Waals surface area contributed by atoms with Crippen LogP contribution < -0.4 is 5.32 Å². The molecule has 1 aliphatic rings. The van der Waals surface area contributed by atoms with Gasteiger partial charge >= 0.3 is 24.5 Å². The first kappa shape index (κ1) is 29.3. The zero-order valence-corrected chi connectivity index (χ0v) is 19.2. The summed E-state index contributed by atoms with van der Waals surface area (Å²) < 4.78 is 110. The van der Waals surface area contributed by atoms with E-state index in [9.17, 15) is 44.3 Å². The molecule has 6 nitrogen and oxygen atoms in total. The van der Waals surface area contributed by atoms with E-state index in [4.69, 9.17) is 9.90 Å². The largest absolute Gasteiger partial charge is 0.490 e. The Morgan fingerprint density at radius 2 is 1.49 bits per heavy atom. The lowest BCUT2D eigenvalue weighted by Gasteiger charge is -2.12. The highest BCUT2D eigenvalue weighted by atomic mass is 19.4. The number of carbonyl (C=O) groups excluding carboxylic acids is 1. The van der Waals surface area contributed by atoms with Crippen LogP contribution in [0.2, 0.25) is 0 Å². The first-order chi connectivity index (χ1) is 17.9. The highest BCUT2D eigenvalue weighted by molar-refractivity contribution is 5.97. The predicted octanol–water partition coefficient (Wildman–Crippen LogP) is 6.20. The van der Waals surface area contributed by atoms with Crippen molar-refractivity contribution in [3.8, 4) is 11.3 Å². The molecule has 0 unspecified atom stereocenters. The number of nitrogens with one attached hydrogen (secondary N) is 2. The molecule has 0 saturated heterocycles. The number of H-pyrrole nitrogens is 1. The second-order valence-corrected chi connectivity index (χ2v) is 8.03. The molecule has 39 heavy (non-hydrogen) atoms. The molecule has 4 rings (SSSR count). The van der Waals surface area contributed by atoms with E-state index < -0.39 is 35.6 Å². The number of benzene rings is 1. The number of hydrogen-bond donors (Lipinski definition) is 3. The maximum atomic E-state index is 13.0. The average Bonchev–Trinajstić information content (AvgIpc) is 3.27. The third-order valence-corrected chi connectivity index (χ3v) is 5.20. The maximum Gasteiger partial charge on any atom is 0.490 e. The molecule has 15 heteroatoms. The number of aliphatic carboxylic acids is 1. The van der Waals surface area contributed by atoms with Crippen molar-refractivity contribution in [3.05, 3.63) is 76.2 Å². The van der Waals surface area contributed by atoms with Crippen LogP contribution >= 0.6 is 0 Å². The lowest BCUT2D eigenvalue weighted by atomic mass is 10.0. The number of carbonyl (C=O) groups is 2. The Bertz CT molecular complexity index is 1370. The lowest BCUT2D eigenvalue weighted by Crippen LogP contribution is -2.31. The Balaban J connectivity index is 0.000000532. The molecule has 208 valence electrons. The van der Waals surface area contributed by atoms with Crippen LogP contribution in [0.4, 0.5) is 39.5 Å². The Morgan fingerprint density at radius 1 is 0.897 bits per heavy atom. The van der Waals surface area contributed by atoms with E-state index in [1.807, 2.05) is 0 Å². The molecule has 3 heterocycles. The van der Waals surface area contributed by atoms with Gasteiger partial charge in [0.25, 0.3) is 5.91 Å². The fourth-order valence-electron chi connectivity index (χ4n) is 3.41. The zero-order valence-electron chi connectivity index (χ0n) is 19.2. The van der Waals surface area contributed by atoms with Gasteiger partial charge in [0, 0.05) is 36.1 Å². The predicted molar refractivity (Wildman–Crippen MR) is 119 cm³/mol. The number of aromatic amines is 1. The van der Waals surface area contributed by atoms with Crippen LogP contribution in [0.15, 0.2) is 42.6 Å². The summed E-state index contributed by atoms with van der Waals surface area (Å²) in [5, 5.41) is 9.87. The standard InChI is InChI=1S/C22H15F6N3O.C2HF3O2/c23-21(24,25)14-7-12(8-15(10-14)22(26,27)28)1-2-16-9-13(3-5-29-16)19-11-17-18(31-19)4-6-30-20(17)32;3-2(4,5)1(6)7/h1-3,5,7-11,31H,4,6H2,(H,30,32);(H,6,7)/b2-1+;. The van der Waals surface area contributed by atoms with Gasteiger partial charge in [0.15, 0.2) is 0 Å². The smallest absolute Gasteiger partial charge is 0.475 e.